The van der Waals surface area contributed by atoms with Crippen LogP contribution in [0.25, 0.3) is 0 Å². The van der Waals surface area contributed by atoms with Crippen LogP contribution in [0, 0.1) is 23.7 Å². The molecule has 0 aromatic heterocycles. The van der Waals surface area contributed by atoms with Crippen molar-refractivity contribution in [1.29, 1.82) is 0 Å². The molecule has 0 aliphatic heterocycles. The van der Waals surface area contributed by atoms with Gasteiger partial charge < -0.3 is 10.2 Å². The van der Waals surface area contributed by atoms with Gasteiger partial charge in [0.05, 0.1) is 0 Å². The van der Waals surface area contributed by atoms with Crippen molar-refractivity contribution < 1.29 is 0 Å². The van der Waals surface area contributed by atoms with E-state index < -0.39 is 0 Å². The smallest absolute Gasteiger partial charge is 0.0105 e. The van der Waals surface area contributed by atoms with Crippen LogP contribution in [0.4, 0.5) is 0 Å². The summed E-state index contributed by atoms with van der Waals surface area (Å²) in [6.07, 6.45) is 5.51. The highest BCUT2D eigenvalue weighted by Crippen LogP contribution is 2.34. The van der Waals surface area contributed by atoms with Crippen LogP contribution in [0.3, 0.4) is 0 Å². The van der Waals surface area contributed by atoms with Gasteiger partial charge >= 0.3 is 0 Å². The van der Waals surface area contributed by atoms with Crippen LogP contribution in [0.2, 0.25) is 0 Å². The Kier molecular flexibility index (Phi) is 7.38. The van der Waals surface area contributed by atoms with Gasteiger partial charge in [-0.05, 0) is 70.0 Å². The van der Waals surface area contributed by atoms with Crippen LogP contribution in [-0.4, -0.2) is 38.1 Å². The first kappa shape index (κ1) is 17.0. The minimum Gasteiger partial charge on any atom is -0.317 e. The number of hydrogen-bond acceptors (Lipinski definition) is 2. The maximum Gasteiger partial charge on any atom is 0.0105 e. The molecule has 1 fully saturated rings. The molecule has 19 heavy (non-hydrogen) atoms. The molecule has 1 N–H and O–H groups in total. The zero-order valence-corrected chi connectivity index (χ0v) is 14.1. The number of nitrogens with zero attached hydrogens (tertiary/aromatic N) is 1. The van der Waals surface area contributed by atoms with Crippen molar-refractivity contribution in [2.75, 3.05) is 27.2 Å². The average Bonchev–Trinajstić information content (AvgIpc) is 2.36. The zero-order valence-electron chi connectivity index (χ0n) is 14.1. The normalized spacial score (nSPS) is 28.6. The molecule has 0 amide bonds. The molecule has 2 heteroatoms. The molecule has 0 spiro atoms. The molecule has 1 rings (SSSR count). The molecule has 0 saturated heterocycles. The summed E-state index contributed by atoms with van der Waals surface area (Å²) in [7, 11) is 4.44. The van der Waals surface area contributed by atoms with Gasteiger partial charge in [0.25, 0.3) is 0 Å². The van der Waals surface area contributed by atoms with Crippen LogP contribution < -0.4 is 5.32 Å². The summed E-state index contributed by atoms with van der Waals surface area (Å²) < 4.78 is 0. The van der Waals surface area contributed by atoms with Gasteiger partial charge in [-0.1, -0.05) is 27.7 Å². The Morgan fingerprint density at radius 3 is 2.37 bits per heavy atom. The molecule has 1 aliphatic rings. The minimum absolute atomic E-state index is 0.733. The Morgan fingerprint density at radius 1 is 1.16 bits per heavy atom. The lowest BCUT2D eigenvalue weighted by Crippen LogP contribution is -2.44. The molecular weight excluding hydrogens is 232 g/mol. The van der Waals surface area contributed by atoms with Crippen molar-refractivity contribution in [2.45, 2.75) is 59.4 Å². The van der Waals surface area contributed by atoms with E-state index in [4.69, 9.17) is 0 Å². The molecule has 0 aromatic carbocycles. The Labute approximate surface area is 121 Å². The number of nitrogens with one attached hydrogen (secondary N) is 1. The van der Waals surface area contributed by atoms with Crippen molar-refractivity contribution >= 4 is 0 Å². The van der Waals surface area contributed by atoms with Crippen LogP contribution in [0.15, 0.2) is 0 Å². The molecule has 1 saturated carbocycles. The maximum absolute atomic E-state index is 3.56. The maximum atomic E-state index is 3.56. The van der Waals surface area contributed by atoms with E-state index in [1.807, 2.05) is 0 Å². The van der Waals surface area contributed by atoms with Gasteiger partial charge in [-0.2, -0.15) is 0 Å². The van der Waals surface area contributed by atoms with Gasteiger partial charge in [-0.25, -0.2) is 0 Å². The lowest BCUT2D eigenvalue weighted by Gasteiger charge is -2.39. The molecule has 0 radical (unpaired) electrons. The lowest BCUT2D eigenvalue weighted by atomic mass is 9.73. The summed E-state index contributed by atoms with van der Waals surface area (Å²) >= 11 is 0. The number of rotatable bonds is 7. The topological polar surface area (TPSA) is 15.3 Å². The quantitative estimate of drug-likeness (QED) is 0.758. The van der Waals surface area contributed by atoms with E-state index in [0.717, 1.165) is 29.7 Å². The van der Waals surface area contributed by atoms with E-state index in [-0.39, 0.29) is 0 Å². The fraction of sp³-hybridized carbons (Fsp3) is 1.00. The summed E-state index contributed by atoms with van der Waals surface area (Å²) in [5, 5.41) is 3.56. The average molecular weight is 268 g/mol. The predicted octanol–water partition coefficient (Wildman–Crippen LogP) is 3.62. The number of hydrogen-bond donors (Lipinski definition) is 1. The Hall–Kier alpha value is -0.0800. The van der Waals surface area contributed by atoms with Crippen molar-refractivity contribution in [1.82, 2.24) is 10.2 Å². The van der Waals surface area contributed by atoms with E-state index >= 15 is 0 Å². The molecule has 2 nitrogen and oxygen atoms in total. The van der Waals surface area contributed by atoms with Gasteiger partial charge in [0, 0.05) is 12.6 Å². The molecular formula is C17H36N2. The molecule has 1 aliphatic carbocycles. The monoisotopic (exact) mass is 268 g/mol. The highest BCUT2D eigenvalue weighted by atomic mass is 15.1. The fourth-order valence-corrected chi connectivity index (χ4v) is 3.46. The Bertz CT molecular complexity index is 237. The predicted molar refractivity (Wildman–Crippen MR) is 85.5 cm³/mol. The SMILES string of the molecule is CNC1CCC(C(C)C)CC1CN(C)CCC(C)C. The zero-order chi connectivity index (χ0) is 14.4. The molecule has 114 valence electrons. The van der Waals surface area contributed by atoms with Gasteiger partial charge in [0.1, 0.15) is 0 Å². The Morgan fingerprint density at radius 2 is 1.84 bits per heavy atom. The Balaban J connectivity index is 2.46. The third-order valence-corrected chi connectivity index (χ3v) is 4.97. The van der Waals surface area contributed by atoms with Gasteiger partial charge in [0.15, 0.2) is 0 Å². The minimum atomic E-state index is 0.733. The lowest BCUT2D eigenvalue weighted by molar-refractivity contribution is 0.134. The van der Waals surface area contributed by atoms with Crippen LogP contribution in [0.1, 0.15) is 53.4 Å². The second kappa shape index (κ2) is 8.26. The van der Waals surface area contributed by atoms with E-state index in [1.54, 1.807) is 0 Å². The molecule has 3 atom stereocenters. The molecule has 0 heterocycles. The van der Waals surface area contributed by atoms with Crippen molar-refractivity contribution in [3.63, 3.8) is 0 Å². The summed E-state index contributed by atoms with van der Waals surface area (Å²) in [4.78, 5) is 2.55. The first-order valence-electron chi connectivity index (χ1n) is 8.29. The van der Waals surface area contributed by atoms with Crippen LogP contribution in [0.5, 0.6) is 0 Å². The van der Waals surface area contributed by atoms with Crippen molar-refractivity contribution in [2.24, 2.45) is 23.7 Å². The largest absolute Gasteiger partial charge is 0.317 e. The van der Waals surface area contributed by atoms with Gasteiger partial charge in [0.2, 0.25) is 0 Å². The first-order valence-corrected chi connectivity index (χ1v) is 8.29. The summed E-state index contributed by atoms with van der Waals surface area (Å²) in [6, 6.07) is 0.733. The van der Waals surface area contributed by atoms with Gasteiger partial charge in [-0.15, -0.1) is 0 Å². The van der Waals surface area contributed by atoms with E-state index in [1.165, 1.54) is 38.8 Å². The third-order valence-electron chi connectivity index (χ3n) is 4.97. The highest BCUT2D eigenvalue weighted by molar-refractivity contribution is 4.86. The van der Waals surface area contributed by atoms with Crippen LogP contribution >= 0.6 is 0 Å². The second-order valence-electron chi connectivity index (χ2n) is 7.42. The van der Waals surface area contributed by atoms with E-state index in [9.17, 15) is 0 Å². The van der Waals surface area contributed by atoms with Crippen molar-refractivity contribution in [3.05, 3.63) is 0 Å². The molecule has 0 aromatic rings. The third kappa shape index (κ3) is 5.83. The van der Waals surface area contributed by atoms with Gasteiger partial charge in [-0.3, -0.25) is 0 Å². The molecule has 0 bridgehead atoms. The second-order valence-corrected chi connectivity index (χ2v) is 7.42. The van der Waals surface area contributed by atoms with E-state index in [0.29, 0.717) is 0 Å². The summed E-state index contributed by atoms with van der Waals surface area (Å²) in [5.74, 6) is 3.44. The summed E-state index contributed by atoms with van der Waals surface area (Å²) in [6.45, 7) is 11.9. The van der Waals surface area contributed by atoms with Crippen LogP contribution in [-0.2, 0) is 0 Å². The van der Waals surface area contributed by atoms with E-state index in [2.05, 4.69) is 52.0 Å². The fourth-order valence-electron chi connectivity index (χ4n) is 3.46. The highest BCUT2D eigenvalue weighted by Gasteiger charge is 2.31. The summed E-state index contributed by atoms with van der Waals surface area (Å²) in [5.41, 5.74) is 0. The first-order chi connectivity index (χ1) is 8.93. The standard InChI is InChI=1S/C17H36N2/c1-13(2)9-10-19(6)12-16-11-15(14(3)4)7-8-17(16)18-5/h13-18H,7-12H2,1-6H3. The van der Waals surface area contributed by atoms with Crippen molar-refractivity contribution in [3.8, 4) is 0 Å². The molecule has 3 unspecified atom stereocenters.